The molecule has 18 heavy (non-hydrogen) atoms. The largest absolute Gasteiger partial charge is 0.383 e. The minimum absolute atomic E-state index is 0.0393. The zero-order chi connectivity index (χ0) is 12.8. The van der Waals surface area contributed by atoms with Gasteiger partial charge >= 0.3 is 0 Å². The Morgan fingerprint density at radius 2 is 1.67 bits per heavy atom. The van der Waals surface area contributed by atoms with E-state index < -0.39 is 0 Å². The molecule has 3 heteroatoms. The van der Waals surface area contributed by atoms with Crippen LogP contribution in [0.5, 0.6) is 0 Å². The van der Waals surface area contributed by atoms with Crippen LogP contribution < -0.4 is 11.1 Å². The highest BCUT2D eigenvalue weighted by Gasteiger charge is 2.03. The monoisotopic (exact) mass is 244 g/mol. The van der Waals surface area contributed by atoms with Crippen LogP contribution in [0.1, 0.15) is 5.56 Å². The fourth-order valence-corrected chi connectivity index (χ4v) is 1.81. The summed E-state index contributed by atoms with van der Waals surface area (Å²) in [5.41, 5.74) is 8.16. The van der Waals surface area contributed by atoms with Crippen LogP contribution in [0.25, 0.3) is 0 Å². The molecular weight excluding hydrogens is 227 g/mol. The smallest absolute Gasteiger partial charge is 0.123 e. The van der Waals surface area contributed by atoms with Crippen molar-refractivity contribution in [3.63, 3.8) is 0 Å². The molecule has 0 fully saturated rings. The summed E-state index contributed by atoms with van der Waals surface area (Å²) < 4.78 is 12.7. The molecule has 1 atom stereocenters. The quantitative estimate of drug-likeness (QED) is 0.848. The van der Waals surface area contributed by atoms with E-state index >= 15 is 0 Å². The number of nitrogens with two attached hydrogens (primary N) is 1. The minimum Gasteiger partial charge on any atom is -0.383 e. The van der Waals surface area contributed by atoms with E-state index in [4.69, 9.17) is 5.73 Å². The van der Waals surface area contributed by atoms with Crippen molar-refractivity contribution >= 4 is 5.69 Å². The molecular formula is C15H17FN2. The third-order valence-electron chi connectivity index (χ3n) is 2.75. The summed E-state index contributed by atoms with van der Waals surface area (Å²) in [4.78, 5) is 0. The van der Waals surface area contributed by atoms with Gasteiger partial charge in [-0.25, -0.2) is 4.39 Å². The topological polar surface area (TPSA) is 38.0 Å². The number of rotatable bonds is 5. The van der Waals surface area contributed by atoms with Crippen LogP contribution in [-0.2, 0) is 6.42 Å². The third-order valence-corrected chi connectivity index (χ3v) is 2.75. The second-order valence-electron chi connectivity index (χ2n) is 4.34. The van der Waals surface area contributed by atoms with E-state index in [-0.39, 0.29) is 11.9 Å². The van der Waals surface area contributed by atoms with E-state index in [0.29, 0.717) is 6.54 Å². The third kappa shape index (κ3) is 3.86. The molecule has 0 radical (unpaired) electrons. The van der Waals surface area contributed by atoms with E-state index in [1.54, 1.807) is 12.1 Å². The molecule has 0 spiro atoms. The van der Waals surface area contributed by atoms with Gasteiger partial charge in [-0.05, 0) is 36.2 Å². The Bertz CT molecular complexity index is 468. The fourth-order valence-electron chi connectivity index (χ4n) is 1.81. The molecule has 0 saturated carbocycles. The van der Waals surface area contributed by atoms with Crippen molar-refractivity contribution in [1.29, 1.82) is 0 Å². The summed E-state index contributed by atoms with van der Waals surface area (Å²) in [6.07, 6.45) is 0.828. The zero-order valence-electron chi connectivity index (χ0n) is 10.1. The van der Waals surface area contributed by atoms with Gasteiger partial charge in [-0.2, -0.15) is 0 Å². The SMILES string of the molecule is N[C@@H](CNc1ccc(F)cc1)Cc1ccccc1. The van der Waals surface area contributed by atoms with Crippen molar-refractivity contribution in [3.05, 3.63) is 66.0 Å². The summed E-state index contributed by atoms with van der Waals surface area (Å²) in [5, 5.41) is 3.20. The molecule has 2 aromatic rings. The van der Waals surface area contributed by atoms with Crippen molar-refractivity contribution in [2.75, 3.05) is 11.9 Å². The van der Waals surface area contributed by atoms with E-state index in [2.05, 4.69) is 17.4 Å². The van der Waals surface area contributed by atoms with Gasteiger partial charge in [0.1, 0.15) is 5.82 Å². The Hall–Kier alpha value is -1.87. The first kappa shape index (κ1) is 12.6. The van der Waals surface area contributed by atoms with Crippen LogP contribution >= 0.6 is 0 Å². The first-order chi connectivity index (χ1) is 8.74. The van der Waals surface area contributed by atoms with Gasteiger partial charge in [-0.3, -0.25) is 0 Å². The predicted octanol–water partition coefficient (Wildman–Crippen LogP) is 2.81. The highest BCUT2D eigenvalue weighted by molar-refractivity contribution is 5.42. The van der Waals surface area contributed by atoms with Crippen molar-refractivity contribution in [3.8, 4) is 0 Å². The van der Waals surface area contributed by atoms with Crippen LogP contribution in [0.4, 0.5) is 10.1 Å². The second-order valence-corrected chi connectivity index (χ2v) is 4.34. The van der Waals surface area contributed by atoms with Gasteiger partial charge in [0, 0.05) is 18.3 Å². The van der Waals surface area contributed by atoms with E-state index in [0.717, 1.165) is 12.1 Å². The van der Waals surface area contributed by atoms with Gasteiger partial charge in [0.2, 0.25) is 0 Å². The molecule has 94 valence electrons. The summed E-state index contributed by atoms with van der Waals surface area (Å²) in [5.74, 6) is -0.228. The number of anilines is 1. The summed E-state index contributed by atoms with van der Waals surface area (Å²) >= 11 is 0. The Kier molecular flexibility index (Phi) is 4.31. The number of hydrogen-bond acceptors (Lipinski definition) is 2. The molecule has 0 bridgehead atoms. The Labute approximate surface area is 107 Å². The van der Waals surface area contributed by atoms with Crippen LogP contribution in [0, 0.1) is 5.82 Å². The van der Waals surface area contributed by atoms with Crippen molar-refractivity contribution < 1.29 is 4.39 Å². The van der Waals surface area contributed by atoms with Crippen LogP contribution in [0.2, 0.25) is 0 Å². The molecule has 0 amide bonds. The van der Waals surface area contributed by atoms with Gasteiger partial charge in [-0.15, -0.1) is 0 Å². The second kappa shape index (κ2) is 6.17. The average molecular weight is 244 g/mol. The minimum atomic E-state index is -0.228. The van der Waals surface area contributed by atoms with Gasteiger partial charge in [0.25, 0.3) is 0 Å². The lowest BCUT2D eigenvalue weighted by Gasteiger charge is -2.13. The Morgan fingerprint density at radius 3 is 2.33 bits per heavy atom. The molecule has 2 nitrogen and oxygen atoms in total. The lowest BCUT2D eigenvalue weighted by atomic mass is 10.1. The van der Waals surface area contributed by atoms with Crippen LogP contribution in [-0.4, -0.2) is 12.6 Å². The predicted molar refractivity (Wildman–Crippen MR) is 73.0 cm³/mol. The van der Waals surface area contributed by atoms with Crippen molar-refractivity contribution in [2.45, 2.75) is 12.5 Å². The zero-order valence-corrected chi connectivity index (χ0v) is 10.1. The first-order valence-corrected chi connectivity index (χ1v) is 6.03. The molecule has 0 aliphatic heterocycles. The first-order valence-electron chi connectivity index (χ1n) is 6.03. The van der Waals surface area contributed by atoms with Crippen molar-refractivity contribution in [2.24, 2.45) is 5.73 Å². The molecule has 3 N–H and O–H groups in total. The fraction of sp³-hybridized carbons (Fsp3) is 0.200. The molecule has 0 aromatic heterocycles. The van der Waals surface area contributed by atoms with Crippen LogP contribution in [0.15, 0.2) is 54.6 Å². The number of benzene rings is 2. The van der Waals surface area contributed by atoms with E-state index in [1.165, 1.54) is 17.7 Å². The Morgan fingerprint density at radius 1 is 1.00 bits per heavy atom. The molecule has 0 aliphatic rings. The molecule has 2 rings (SSSR count). The number of halogens is 1. The standard InChI is InChI=1S/C15H17FN2/c16-13-6-8-15(9-7-13)18-11-14(17)10-12-4-2-1-3-5-12/h1-9,14,18H,10-11,17H2/t14-/m1/s1. The van der Waals surface area contributed by atoms with E-state index in [1.807, 2.05) is 18.2 Å². The van der Waals surface area contributed by atoms with E-state index in [9.17, 15) is 4.39 Å². The maximum Gasteiger partial charge on any atom is 0.123 e. The maximum atomic E-state index is 12.7. The highest BCUT2D eigenvalue weighted by atomic mass is 19.1. The molecule has 0 heterocycles. The highest BCUT2D eigenvalue weighted by Crippen LogP contribution is 2.08. The van der Waals surface area contributed by atoms with Gasteiger partial charge in [0.05, 0.1) is 0 Å². The lowest BCUT2D eigenvalue weighted by Crippen LogP contribution is -2.31. The molecule has 2 aromatic carbocycles. The average Bonchev–Trinajstić information content (AvgIpc) is 2.39. The van der Waals surface area contributed by atoms with Crippen LogP contribution in [0.3, 0.4) is 0 Å². The molecule has 0 saturated heterocycles. The summed E-state index contributed by atoms with van der Waals surface area (Å²) in [6, 6.07) is 16.5. The number of hydrogen-bond donors (Lipinski definition) is 2. The Balaban J connectivity index is 1.81. The van der Waals surface area contributed by atoms with Crippen molar-refractivity contribution in [1.82, 2.24) is 0 Å². The van der Waals surface area contributed by atoms with Gasteiger partial charge in [0.15, 0.2) is 0 Å². The van der Waals surface area contributed by atoms with Gasteiger partial charge < -0.3 is 11.1 Å². The summed E-state index contributed by atoms with van der Waals surface area (Å²) in [7, 11) is 0. The maximum absolute atomic E-state index is 12.7. The molecule has 0 unspecified atom stereocenters. The summed E-state index contributed by atoms with van der Waals surface area (Å²) in [6.45, 7) is 0.667. The molecule has 0 aliphatic carbocycles. The normalized spacial score (nSPS) is 12.1. The lowest BCUT2D eigenvalue weighted by molar-refractivity contribution is 0.628. The number of nitrogens with one attached hydrogen (secondary N) is 1. The van der Waals surface area contributed by atoms with Gasteiger partial charge in [-0.1, -0.05) is 30.3 Å².